The standard InChI is InChI=1S/C11H9F3O7S.C10H10O5/c1-19-9(15)6-3-4-8(7(5-6)10(16)20-2)21-22(17,18)11(12,13)14;1-14-9(12)6-3-4-8(11)7(5-6)10(13)15-2/h3-5H,1-2H3;3-5,11H,1-2H3. The number of phenols is 1. The predicted octanol–water partition coefficient (Wildman–Crippen LogP) is 2.45. The molecule has 0 aliphatic carbocycles. The van der Waals surface area contributed by atoms with Gasteiger partial charge in [0.05, 0.1) is 39.6 Å². The molecule has 0 aromatic heterocycles. The molecule has 0 fully saturated rings. The summed E-state index contributed by atoms with van der Waals surface area (Å²) >= 11 is 0. The maximum absolute atomic E-state index is 12.3. The van der Waals surface area contributed by atoms with Crippen LogP contribution in [0.25, 0.3) is 0 Å². The van der Waals surface area contributed by atoms with E-state index in [1.54, 1.807) is 0 Å². The Morgan fingerprint density at radius 2 is 1.11 bits per heavy atom. The van der Waals surface area contributed by atoms with Crippen molar-refractivity contribution in [3.05, 3.63) is 58.7 Å². The highest BCUT2D eigenvalue weighted by molar-refractivity contribution is 7.88. The molecule has 37 heavy (non-hydrogen) atoms. The Bertz CT molecular complexity index is 1290. The van der Waals surface area contributed by atoms with E-state index >= 15 is 0 Å². The first-order valence-corrected chi connectivity index (χ1v) is 10.8. The summed E-state index contributed by atoms with van der Waals surface area (Å²) in [4.78, 5) is 45.1. The lowest BCUT2D eigenvalue weighted by Crippen LogP contribution is -2.28. The molecule has 0 aliphatic heterocycles. The first kappa shape index (κ1) is 30.7. The first-order valence-electron chi connectivity index (χ1n) is 9.44. The summed E-state index contributed by atoms with van der Waals surface area (Å²) in [6.45, 7) is 0. The van der Waals surface area contributed by atoms with E-state index in [4.69, 9.17) is 0 Å². The van der Waals surface area contributed by atoms with E-state index in [0.29, 0.717) is 6.07 Å². The third-order valence-electron chi connectivity index (χ3n) is 4.11. The lowest BCUT2D eigenvalue weighted by molar-refractivity contribution is -0.0500. The van der Waals surface area contributed by atoms with Gasteiger partial charge in [0.1, 0.15) is 16.9 Å². The van der Waals surface area contributed by atoms with Crippen molar-refractivity contribution in [3.8, 4) is 11.5 Å². The van der Waals surface area contributed by atoms with Crippen molar-refractivity contribution in [3.63, 3.8) is 0 Å². The molecule has 0 spiro atoms. The first-order chi connectivity index (χ1) is 17.1. The molecule has 0 amide bonds. The molecule has 0 saturated carbocycles. The quantitative estimate of drug-likeness (QED) is 0.241. The Balaban J connectivity index is 0.000000397. The molecule has 0 aliphatic rings. The molecule has 2 aromatic rings. The fraction of sp³-hybridized carbons (Fsp3) is 0.238. The Hall–Kier alpha value is -4.34. The number of hydrogen-bond donors (Lipinski definition) is 1. The third-order valence-corrected chi connectivity index (χ3v) is 5.08. The number of phenolic OH excluding ortho intramolecular Hbond substituents is 1. The number of alkyl halides is 3. The molecule has 12 nitrogen and oxygen atoms in total. The van der Waals surface area contributed by atoms with Crippen molar-refractivity contribution in [2.24, 2.45) is 0 Å². The summed E-state index contributed by atoms with van der Waals surface area (Å²) in [5.74, 6) is -4.56. The zero-order valence-corrected chi connectivity index (χ0v) is 20.3. The summed E-state index contributed by atoms with van der Waals surface area (Å²) < 4.78 is 80.3. The van der Waals surface area contributed by atoms with Crippen LogP contribution in [0.4, 0.5) is 13.2 Å². The highest BCUT2D eigenvalue weighted by Crippen LogP contribution is 2.30. The van der Waals surface area contributed by atoms with Gasteiger partial charge in [0.15, 0.2) is 5.75 Å². The van der Waals surface area contributed by atoms with Crippen LogP contribution in [-0.4, -0.2) is 71.3 Å². The minimum atomic E-state index is -5.98. The number of rotatable bonds is 6. The topological polar surface area (TPSA) is 169 Å². The molecule has 1 N–H and O–H groups in total. The molecule has 0 radical (unpaired) electrons. The van der Waals surface area contributed by atoms with Gasteiger partial charge in [-0.15, -0.1) is 0 Å². The minimum absolute atomic E-state index is 0.0691. The average Bonchev–Trinajstić information content (AvgIpc) is 2.86. The van der Waals surface area contributed by atoms with E-state index in [1.165, 1.54) is 32.4 Å². The molecular weight excluding hydrogens is 533 g/mol. The number of halogens is 3. The van der Waals surface area contributed by atoms with Crippen LogP contribution >= 0.6 is 0 Å². The van der Waals surface area contributed by atoms with Gasteiger partial charge in [-0.05, 0) is 36.4 Å². The van der Waals surface area contributed by atoms with Gasteiger partial charge in [-0.2, -0.15) is 21.6 Å². The largest absolute Gasteiger partial charge is 0.534 e. The second kappa shape index (κ2) is 12.6. The van der Waals surface area contributed by atoms with Gasteiger partial charge in [-0.3, -0.25) is 0 Å². The van der Waals surface area contributed by atoms with Gasteiger partial charge in [0, 0.05) is 0 Å². The molecule has 0 unspecified atom stereocenters. The van der Waals surface area contributed by atoms with Gasteiger partial charge in [-0.1, -0.05) is 0 Å². The molecule has 2 rings (SSSR count). The van der Waals surface area contributed by atoms with Crippen LogP contribution in [0.1, 0.15) is 41.4 Å². The normalized spacial score (nSPS) is 10.8. The summed E-state index contributed by atoms with van der Waals surface area (Å²) in [6.07, 6.45) is 0. The maximum atomic E-state index is 12.3. The van der Waals surface area contributed by atoms with Gasteiger partial charge in [-0.25, -0.2) is 19.2 Å². The van der Waals surface area contributed by atoms with Crippen molar-refractivity contribution in [2.75, 3.05) is 28.4 Å². The second-order valence-electron chi connectivity index (χ2n) is 6.39. The van der Waals surface area contributed by atoms with Gasteiger partial charge < -0.3 is 28.2 Å². The van der Waals surface area contributed by atoms with Gasteiger partial charge >= 0.3 is 39.5 Å². The number of aromatic hydroxyl groups is 1. The monoisotopic (exact) mass is 552 g/mol. The molecular formula is C21H19F3O12S. The summed E-state index contributed by atoms with van der Waals surface area (Å²) in [6, 6.07) is 6.24. The molecule has 16 heteroatoms. The number of methoxy groups -OCH3 is 4. The summed E-state index contributed by atoms with van der Waals surface area (Å²) in [5.41, 5.74) is -6.46. The smallest absolute Gasteiger partial charge is 0.507 e. The third kappa shape index (κ3) is 7.83. The fourth-order valence-corrected chi connectivity index (χ4v) is 2.81. The fourth-order valence-electron chi connectivity index (χ4n) is 2.34. The molecule has 0 saturated heterocycles. The molecule has 2 aromatic carbocycles. The van der Waals surface area contributed by atoms with E-state index in [1.807, 2.05) is 0 Å². The lowest BCUT2D eigenvalue weighted by atomic mass is 10.1. The lowest BCUT2D eigenvalue weighted by Gasteiger charge is -2.12. The number of carbonyl (C=O) groups excluding carboxylic acids is 4. The summed E-state index contributed by atoms with van der Waals surface area (Å²) in [5, 5.41) is 9.34. The molecule has 0 heterocycles. The Morgan fingerprint density at radius 3 is 1.54 bits per heavy atom. The Kier molecular flexibility index (Phi) is 10.4. The van der Waals surface area contributed by atoms with Crippen molar-refractivity contribution in [2.45, 2.75) is 5.51 Å². The minimum Gasteiger partial charge on any atom is -0.507 e. The van der Waals surface area contributed by atoms with Crippen molar-refractivity contribution >= 4 is 34.0 Å². The highest BCUT2D eigenvalue weighted by atomic mass is 32.2. The zero-order valence-electron chi connectivity index (χ0n) is 19.4. The molecule has 0 bridgehead atoms. The maximum Gasteiger partial charge on any atom is 0.534 e. The van der Waals surface area contributed by atoms with Crippen LogP contribution in [0.2, 0.25) is 0 Å². The van der Waals surface area contributed by atoms with Crippen LogP contribution in [0.5, 0.6) is 11.5 Å². The van der Waals surface area contributed by atoms with Crippen molar-refractivity contribution in [1.82, 2.24) is 0 Å². The molecule has 202 valence electrons. The van der Waals surface area contributed by atoms with Gasteiger partial charge in [0.2, 0.25) is 0 Å². The molecule has 0 atom stereocenters. The average molecular weight is 552 g/mol. The Morgan fingerprint density at radius 1 is 0.703 bits per heavy atom. The number of esters is 4. The second-order valence-corrected chi connectivity index (χ2v) is 7.93. The van der Waals surface area contributed by atoms with E-state index in [0.717, 1.165) is 26.4 Å². The highest BCUT2D eigenvalue weighted by Gasteiger charge is 2.49. The van der Waals surface area contributed by atoms with E-state index in [2.05, 4.69) is 23.1 Å². The number of carbonyl (C=O) groups is 4. The SMILES string of the molecule is COC(=O)c1ccc(O)c(C(=O)OC)c1.COC(=O)c1ccc(OS(=O)(=O)C(F)(F)F)c(C(=O)OC)c1. The Labute approximate surface area is 207 Å². The van der Waals surface area contributed by atoms with E-state index in [-0.39, 0.29) is 22.4 Å². The number of ether oxygens (including phenoxy) is 4. The van der Waals surface area contributed by atoms with Crippen LogP contribution in [0, 0.1) is 0 Å². The summed E-state index contributed by atoms with van der Waals surface area (Å²) in [7, 11) is -1.61. The van der Waals surface area contributed by atoms with Gasteiger partial charge in [0.25, 0.3) is 0 Å². The number of benzene rings is 2. The zero-order chi connectivity index (χ0) is 28.6. The van der Waals surface area contributed by atoms with E-state index < -0.39 is 50.8 Å². The predicted molar refractivity (Wildman–Crippen MR) is 116 cm³/mol. The van der Waals surface area contributed by atoms with E-state index in [9.17, 15) is 45.9 Å². The van der Waals surface area contributed by atoms with Crippen LogP contribution in [-0.2, 0) is 29.1 Å². The van der Waals surface area contributed by atoms with Crippen molar-refractivity contribution in [1.29, 1.82) is 0 Å². The van der Waals surface area contributed by atoms with Crippen LogP contribution in [0.3, 0.4) is 0 Å². The number of hydrogen-bond acceptors (Lipinski definition) is 12. The van der Waals surface area contributed by atoms with Crippen LogP contribution < -0.4 is 4.18 Å². The van der Waals surface area contributed by atoms with Crippen molar-refractivity contribution < 1.29 is 69.0 Å². The van der Waals surface area contributed by atoms with Crippen LogP contribution in [0.15, 0.2) is 36.4 Å².